The Labute approximate surface area is 120 Å². The number of methoxy groups -OCH3 is 1. The molecule has 1 saturated heterocycles. The van der Waals surface area contributed by atoms with Gasteiger partial charge >= 0.3 is 5.97 Å². The number of piperidine rings is 1. The van der Waals surface area contributed by atoms with Gasteiger partial charge in [0.2, 0.25) is 0 Å². The van der Waals surface area contributed by atoms with E-state index in [0.717, 1.165) is 25.3 Å². The lowest BCUT2D eigenvalue weighted by Crippen LogP contribution is -2.44. The van der Waals surface area contributed by atoms with Gasteiger partial charge in [0, 0.05) is 24.3 Å². The van der Waals surface area contributed by atoms with Gasteiger partial charge in [-0.25, -0.2) is 4.79 Å². The third-order valence-corrected chi connectivity index (χ3v) is 3.99. The van der Waals surface area contributed by atoms with Crippen LogP contribution in [0.4, 0.5) is 0 Å². The number of hydrogen-bond donors (Lipinski definition) is 2. The highest BCUT2D eigenvalue weighted by molar-refractivity contribution is 5.87. The third kappa shape index (κ3) is 3.84. The molecule has 5 nitrogen and oxygen atoms in total. The van der Waals surface area contributed by atoms with Crippen LogP contribution in [0.5, 0.6) is 0 Å². The van der Waals surface area contributed by atoms with E-state index >= 15 is 0 Å². The molecule has 112 valence electrons. The molecule has 0 saturated carbocycles. The molecule has 0 aliphatic carbocycles. The molecule has 0 amide bonds. The Morgan fingerprint density at radius 2 is 2.15 bits per heavy atom. The lowest BCUT2D eigenvalue weighted by molar-refractivity contribution is 0.0594. The molecule has 5 heteroatoms. The van der Waals surface area contributed by atoms with Gasteiger partial charge in [-0.1, -0.05) is 0 Å². The first-order chi connectivity index (χ1) is 9.60. The van der Waals surface area contributed by atoms with Crippen LogP contribution in [0.15, 0.2) is 12.1 Å². The maximum absolute atomic E-state index is 11.4. The molecular formula is C15H25N3O2. The summed E-state index contributed by atoms with van der Waals surface area (Å²) in [5.74, 6) is -0.318. The van der Waals surface area contributed by atoms with Gasteiger partial charge in [-0.3, -0.25) is 0 Å². The molecule has 0 atom stereocenters. The van der Waals surface area contributed by atoms with Crippen molar-refractivity contribution >= 4 is 5.97 Å². The summed E-state index contributed by atoms with van der Waals surface area (Å²) in [7, 11) is 1.39. The number of nitrogens with zero attached hydrogens (tertiary/aromatic N) is 1. The average molecular weight is 279 g/mol. The molecule has 1 aliphatic heterocycles. The van der Waals surface area contributed by atoms with Crippen LogP contribution in [0.1, 0.15) is 42.9 Å². The highest BCUT2D eigenvalue weighted by atomic mass is 16.5. The van der Waals surface area contributed by atoms with Crippen molar-refractivity contribution in [2.45, 2.75) is 45.3 Å². The first-order valence-corrected chi connectivity index (χ1v) is 7.33. The number of likely N-dealkylation sites (tertiary alicyclic amines) is 1. The third-order valence-electron chi connectivity index (χ3n) is 3.99. The highest BCUT2D eigenvalue weighted by Crippen LogP contribution is 2.13. The lowest BCUT2D eigenvalue weighted by atomic mass is 10.0. The smallest absolute Gasteiger partial charge is 0.354 e. The average Bonchev–Trinajstić information content (AvgIpc) is 2.93. The molecule has 1 aromatic rings. The number of carbonyl (C=O) groups excluding carboxylic acids is 1. The highest BCUT2D eigenvalue weighted by Gasteiger charge is 2.20. The lowest BCUT2D eigenvalue weighted by Gasteiger charge is -2.34. The minimum atomic E-state index is -0.318. The maximum atomic E-state index is 11.4. The number of hydrogen-bond acceptors (Lipinski definition) is 4. The van der Waals surface area contributed by atoms with Crippen LogP contribution in [0.25, 0.3) is 0 Å². The largest absolute Gasteiger partial charge is 0.464 e. The van der Waals surface area contributed by atoms with Crippen molar-refractivity contribution in [1.82, 2.24) is 15.2 Å². The monoisotopic (exact) mass is 279 g/mol. The Bertz CT molecular complexity index is 434. The fourth-order valence-corrected chi connectivity index (χ4v) is 2.65. The molecule has 2 heterocycles. The van der Waals surface area contributed by atoms with Gasteiger partial charge in [0.1, 0.15) is 5.69 Å². The number of H-pyrrole nitrogens is 1. The first-order valence-electron chi connectivity index (χ1n) is 7.33. The fourth-order valence-electron chi connectivity index (χ4n) is 2.65. The zero-order valence-electron chi connectivity index (χ0n) is 12.6. The predicted octanol–water partition coefficient (Wildman–Crippen LogP) is 1.76. The molecular weight excluding hydrogens is 254 g/mol. The standard InChI is InChI=1S/C15H25N3O2/c1-11(2)18-8-6-12(7-9-18)16-10-13-4-5-14(17-13)15(19)20-3/h4-5,11-12,16-17H,6-10H2,1-3H3. The van der Waals surface area contributed by atoms with Crippen LogP contribution in [0.3, 0.4) is 0 Å². The van der Waals surface area contributed by atoms with E-state index in [-0.39, 0.29) is 5.97 Å². The van der Waals surface area contributed by atoms with Crippen molar-refractivity contribution in [2.24, 2.45) is 0 Å². The zero-order valence-corrected chi connectivity index (χ0v) is 12.6. The van der Waals surface area contributed by atoms with E-state index in [1.807, 2.05) is 6.07 Å². The zero-order chi connectivity index (χ0) is 14.5. The van der Waals surface area contributed by atoms with E-state index in [2.05, 4.69) is 33.8 Å². The van der Waals surface area contributed by atoms with E-state index in [9.17, 15) is 4.79 Å². The number of esters is 1. The molecule has 0 aromatic carbocycles. The van der Waals surface area contributed by atoms with Gasteiger partial charge in [-0.05, 0) is 51.9 Å². The van der Waals surface area contributed by atoms with Crippen molar-refractivity contribution in [3.63, 3.8) is 0 Å². The molecule has 2 rings (SSSR count). The first kappa shape index (κ1) is 15.1. The second-order valence-electron chi connectivity index (χ2n) is 5.67. The van der Waals surface area contributed by atoms with Crippen LogP contribution >= 0.6 is 0 Å². The molecule has 1 aromatic heterocycles. The molecule has 0 radical (unpaired) electrons. The van der Waals surface area contributed by atoms with Crippen LogP contribution in [-0.4, -0.2) is 48.1 Å². The number of aromatic nitrogens is 1. The summed E-state index contributed by atoms with van der Waals surface area (Å²) in [6, 6.07) is 4.91. The number of carbonyl (C=O) groups is 1. The summed E-state index contributed by atoms with van der Waals surface area (Å²) in [5.41, 5.74) is 1.54. The molecule has 0 spiro atoms. The van der Waals surface area contributed by atoms with Crippen molar-refractivity contribution in [3.8, 4) is 0 Å². The summed E-state index contributed by atoms with van der Waals surface area (Å²) < 4.78 is 4.68. The Morgan fingerprint density at radius 1 is 1.45 bits per heavy atom. The number of nitrogens with one attached hydrogen (secondary N) is 2. The summed E-state index contributed by atoms with van der Waals surface area (Å²) >= 11 is 0. The van der Waals surface area contributed by atoms with Gasteiger partial charge in [-0.15, -0.1) is 0 Å². The topological polar surface area (TPSA) is 57.4 Å². The van der Waals surface area contributed by atoms with E-state index in [4.69, 9.17) is 0 Å². The van der Waals surface area contributed by atoms with Gasteiger partial charge < -0.3 is 19.9 Å². The number of aromatic amines is 1. The molecule has 0 unspecified atom stereocenters. The van der Waals surface area contributed by atoms with Crippen LogP contribution in [-0.2, 0) is 11.3 Å². The normalized spacial score (nSPS) is 17.6. The van der Waals surface area contributed by atoms with Gasteiger partial charge in [-0.2, -0.15) is 0 Å². The molecule has 1 aliphatic rings. The minimum absolute atomic E-state index is 0.318. The molecule has 20 heavy (non-hydrogen) atoms. The summed E-state index contributed by atoms with van der Waals surface area (Å²) in [6.45, 7) is 7.59. The van der Waals surface area contributed by atoms with Crippen molar-refractivity contribution in [2.75, 3.05) is 20.2 Å². The van der Waals surface area contributed by atoms with E-state index in [1.54, 1.807) is 6.07 Å². The van der Waals surface area contributed by atoms with Crippen molar-refractivity contribution in [3.05, 3.63) is 23.5 Å². The Balaban J connectivity index is 1.76. The maximum Gasteiger partial charge on any atom is 0.354 e. The van der Waals surface area contributed by atoms with E-state index < -0.39 is 0 Å². The second kappa shape index (κ2) is 6.90. The van der Waals surface area contributed by atoms with Crippen molar-refractivity contribution < 1.29 is 9.53 Å². The van der Waals surface area contributed by atoms with E-state index in [0.29, 0.717) is 17.8 Å². The quantitative estimate of drug-likeness (QED) is 0.807. The van der Waals surface area contributed by atoms with Crippen molar-refractivity contribution in [1.29, 1.82) is 0 Å². The molecule has 0 bridgehead atoms. The van der Waals surface area contributed by atoms with Gasteiger partial charge in [0.15, 0.2) is 0 Å². The Morgan fingerprint density at radius 3 is 2.75 bits per heavy atom. The van der Waals surface area contributed by atoms with Crippen LogP contribution < -0.4 is 5.32 Å². The molecule has 1 fully saturated rings. The SMILES string of the molecule is COC(=O)c1ccc(CNC2CCN(C(C)C)CC2)[nH]1. The fraction of sp³-hybridized carbons (Fsp3) is 0.667. The number of rotatable bonds is 5. The number of ether oxygens (including phenoxy) is 1. The molecule has 2 N–H and O–H groups in total. The minimum Gasteiger partial charge on any atom is -0.464 e. The van der Waals surface area contributed by atoms with E-state index in [1.165, 1.54) is 20.0 Å². The summed E-state index contributed by atoms with van der Waals surface area (Å²) in [6.07, 6.45) is 2.37. The van der Waals surface area contributed by atoms with Gasteiger partial charge in [0.25, 0.3) is 0 Å². The summed E-state index contributed by atoms with van der Waals surface area (Å²) in [4.78, 5) is 17.0. The van der Waals surface area contributed by atoms with Crippen LogP contribution in [0, 0.1) is 0 Å². The Hall–Kier alpha value is -1.33. The predicted molar refractivity (Wildman–Crippen MR) is 78.7 cm³/mol. The second-order valence-corrected chi connectivity index (χ2v) is 5.67. The van der Waals surface area contributed by atoms with Gasteiger partial charge in [0.05, 0.1) is 7.11 Å². The summed E-state index contributed by atoms with van der Waals surface area (Å²) in [5, 5.41) is 3.56. The van der Waals surface area contributed by atoms with Crippen LogP contribution in [0.2, 0.25) is 0 Å². The Kier molecular flexibility index (Phi) is 5.20.